The van der Waals surface area contributed by atoms with Crippen LogP contribution >= 0.6 is 11.3 Å². The van der Waals surface area contributed by atoms with E-state index < -0.39 is 5.54 Å². The van der Waals surface area contributed by atoms with E-state index in [0.717, 1.165) is 29.1 Å². The quantitative estimate of drug-likeness (QED) is 0.850. The highest BCUT2D eigenvalue weighted by atomic mass is 32.1. The summed E-state index contributed by atoms with van der Waals surface area (Å²) in [7, 11) is 1.54. The number of amides is 2. The van der Waals surface area contributed by atoms with Gasteiger partial charge >= 0.3 is 0 Å². The Kier molecular flexibility index (Phi) is 5.25. The number of aryl methyl sites for hydroxylation is 1. The highest BCUT2D eigenvalue weighted by molar-refractivity contribution is 7.14. The lowest BCUT2D eigenvalue weighted by Gasteiger charge is -2.50. The molecule has 2 aromatic rings. The van der Waals surface area contributed by atoms with Crippen LogP contribution in [0.15, 0.2) is 18.5 Å². The molecule has 0 bridgehead atoms. The van der Waals surface area contributed by atoms with Crippen LogP contribution in [-0.2, 0) is 27.9 Å². The summed E-state index contributed by atoms with van der Waals surface area (Å²) < 4.78 is 5.11. The molecule has 1 saturated heterocycles. The van der Waals surface area contributed by atoms with Crippen molar-refractivity contribution < 1.29 is 14.3 Å². The highest BCUT2D eigenvalue weighted by Gasteiger charge is 2.49. The molecule has 4 rings (SSSR count). The number of hydrogen-bond donors (Lipinski definition) is 1. The van der Waals surface area contributed by atoms with Crippen LogP contribution in [0.5, 0.6) is 0 Å². The molecule has 2 amide bonds. The van der Waals surface area contributed by atoms with Crippen LogP contribution in [0.1, 0.15) is 45.7 Å². The second kappa shape index (κ2) is 7.67. The van der Waals surface area contributed by atoms with E-state index in [0.29, 0.717) is 32.5 Å². The molecule has 0 aromatic carbocycles. The van der Waals surface area contributed by atoms with Gasteiger partial charge in [0.05, 0.1) is 22.4 Å². The van der Waals surface area contributed by atoms with Crippen LogP contribution in [0.3, 0.4) is 0 Å². The topological polar surface area (TPSA) is 78.5 Å². The van der Waals surface area contributed by atoms with Gasteiger partial charge in [-0.1, -0.05) is 6.92 Å². The molecule has 1 spiro atoms. The predicted molar refractivity (Wildman–Crippen MR) is 106 cm³/mol. The Morgan fingerprint density at radius 3 is 2.75 bits per heavy atom. The first-order chi connectivity index (χ1) is 13.6. The van der Waals surface area contributed by atoms with Gasteiger partial charge in [-0.25, -0.2) is 4.98 Å². The number of fused-ring (bicyclic) bond motifs is 2. The van der Waals surface area contributed by atoms with Gasteiger partial charge in [-0.3, -0.25) is 9.59 Å². The maximum absolute atomic E-state index is 12.9. The fourth-order valence-corrected chi connectivity index (χ4v) is 5.38. The molecule has 0 radical (unpaired) electrons. The Labute approximate surface area is 168 Å². The molecule has 2 aliphatic rings. The zero-order valence-corrected chi connectivity index (χ0v) is 17.2. The van der Waals surface area contributed by atoms with Crippen LogP contribution in [0, 0.1) is 0 Å². The van der Waals surface area contributed by atoms with Gasteiger partial charge in [-0.05, 0) is 31.4 Å². The number of carbonyl (C=O) groups is 2. The lowest BCUT2D eigenvalue weighted by molar-refractivity contribution is -0.145. The van der Waals surface area contributed by atoms with Crippen molar-refractivity contribution in [2.75, 3.05) is 33.4 Å². The summed E-state index contributed by atoms with van der Waals surface area (Å²) in [5.41, 5.74) is 1.61. The summed E-state index contributed by atoms with van der Waals surface area (Å²) in [6.07, 6.45) is 4.81. The van der Waals surface area contributed by atoms with E-state index in [-0.39, 0.29) is 18.4 Å². The van der Waals surface area contributed by atoms with Gasteiger partial charge in [0.2, 0.25) is 5.91 Å². The molecule has 7 nitrogen and oxygen atoms in total. The van der Waals surface area contributed by atoms with Crippen molar-refractivity contribution >= 4 is 23.2 Å². The van der Waals surface area contributed by atoms with Gasteiger partial charge < -0.3 is 19.5 Å². The molecule has 0 unspecified atom stereocenters. The Bertz CT molecular complexity index is 866. The van der Waals surface area contributed by atoms with Gasteiger partial charge in [0.25, 0.3) is 5.91 Å². The summed E-state index contributed by atoms with van der Waals surface area (Å²) >= 11 is 1.57. The molecule has 8 heteroatoms. The normalized spacial score (nSPS) is 18.4. The molecule has 1 N–H and O–H groups in total. The molecular formula is C20H26N4O3S. The Morgan fingerprint density at radius 2 is 2.07 bits per heavy atom. The van der Waals surface area contributed by atoms with Crippen molar-refractivity contribution in [2.45, 2.75) is 38.1 Å². The van der Waals surface area contributed by atoms with Gasteiger partial charge in [0.15, 0.2) is 0 Å². The molecule has 0 atom stereocenters. The van der Waals surface area contributed by atoms with E-state index in [1.54, 1.807) is 24.8 Å². The van der Waals surface area contributed by atoms with Gasteiger partial charge in [0.1, 0.15) is 6.61 Å². The zero-order valence-electron chi connectivity index (χ0n) is 16.4. The molecule has 28 heavy (non-hydrogen) atoms. The Hall–Kier alpha value is -2.19. The smallest absolute Gasteiger partial charge is 0.263 e. The van der Waals surface area contributed by atoms with Crippen molar-refractivity contribution in [3.8, 4) is 0 Å². The third-order valence-corrected chi connectivity index (χ3v) is 7.15. The van der Waals surface area contributed by atoms with Crippen molar-refractivity contribution in [3.05, 3.63) is 39.6 Å². The van der Waals surface area contributed by atoms with E-state index >= 15 is 0 Å². The first kappa shape index (κ1) is 19.1. The molecular weight excluding hydrogens is 376 g/mol. The van der Waals surface area contributed by atoms with Crippen LogP contribution in [0.4, 0.5) is 0 Å². The van der Waals surface area contributed by atoms with E-state index in [2.05, 4.69) is 16.9 Å². The Balaban J connectivity index is 1.56. The summed E-state index contributed by atoms with van der Waals surface area (Å²) in [5, 5.41) is 0. The van der Waals surface area contributed by atoms with E-state index in [9.17, 15) is 9.59 Å². The molecule has 0 aliphatic carbocycles. The number of likely N-dealkylation sites (tertiary alicyclic amines) is 1. The maximum Gasteiger partial charge on any atom is 0.263 e. The lowest BCUT2D eigenvalue weighted by Crippen LogP contribution is -2.59. The van der Waals surface area contributed by atoms with Crippen LogP contribution in [-0.4, -0.2) is 64.9 Å². The third-order valence-electron chi connectivity index (χ3n) is 5.93. The van der Waals surface area contributed by atoms with Gasteiger partial charge in [-0.15, -0.1) is 11.3 Å². The zero-order chi connectivity index (χ0) is 19.7. The van der Waals surface area contributed by atoms with Crippen LogP contribution in [0.25, 0.3) is 0 Å². The van der Waals surface area contributed by atoms with Gasteiger partial charge in [0, 0.05) is 43.7 Å². The minimum Gasteiger partial charge on any atom is -0.375 e. The first-order valence-corrected chi connectivity index (χ1v) is 10.6. The number of rotatable bonds is 4. The number of piperidine rings is 1. The minimum atomic E-state index is -0.454. The largest absolute Gasteiger partial charge is 0.375 e. The average Bonchev–Trinajstić information content (AvgIpc) is 3.38. The van der Waals surface area contributed by atoms with E-state index in [1.807, 2.05) is 21.9 Å². The lowest BCUT2D eigenvalue weighted by atomic mass is 9.78. The molecule has 0 saturated carbocycles. The summed E-state index contributed by atoms with van der Waals surface area (Å²) in [6, 6.07) is 3.96. The molecule has 4 heterocycles. The number of nitrogens with one attached hydrogen (secondary N) is 1. The van der Waals surface area contributed by atoms with Crippen molar-refractivity contribution in [2.24, 2.45) is 0 Å². The number of aromatic amines is 1. The summed E-state index contributed by atoms with van der Waals surface area (Å²) in [6.45, 7) is 4.04. The number of thiophene rings is 1. The summed E-state index contributed by atoms with van der Waals surface area (Å²) in [4.78, 5) is 39.4. The highest BCUT2D eigenvalue weighted by Crippen LogP contribution is 2.42. The second-order valence-electron chi connectivity index (χ2n) is 7.40. The number of aromatic nitrogens is 2. The van der Waals surface area contributed by atoms with Crippen LogP contribution < -0.4 is 0 Å². The van der Waals surface area contributed by atoms with Gasteiger partial charge in [-0.2, -0.15) is 0 Å². The number of methoxy groups -OCH3 is 1. The van der Waals surface area contributed by atoms with E-state index in [4.69, 9.17) is 4.74 Å². The van der Waals surface area contributed by atoms with Crippen molar-refractivity contribution in [3.63, 3.8) is 0 Å². The fourth-order valence-electron chi connectivity index (χ4n) is 4.47. The number of hydrogen-bond acceptors (Lipinski definition) is 5. The number of nitrogens with zero attached hydrogens (tertiary/aromatic N) is 3. The SMILES string of the molecule is CCc1ccc(C(=O)N2CCC3(CC2)c2nc[nH]c2CCN3C(=O)COC)s1. The second-order valence-corrected chi connectivity index (χ2v) is 8.57. The monoisotopic (exact) mass is 402 g/mol. The van der Waals surface area contributed by atoms with Crippen LogP contribution in [0.2, 0.25) is 0 Å². The standard InChI is InChI=1S/C20H26N4O3S/c1-3-14-4-5-16(28-14)19(26)23-10-7-20(8-11-23)18-15(21-13-22-18)6-9-24(20)17(25)12-27-2/h4-5,13H,3,6-12H2,1-2H3,(H,21,22). The maximum atomic E-state index is 12.9. The van der Waals surface area contributed by atoms with Crippen molar-refractivity contribution in [1.82, 2.24) is 19.8 Å². The molecule has 150 valence electrons. The number of carbonyl (C=O) groups excluding carboxylic acids is 2. The number of H-pyrrole nitrogens is 1. The summed E-state index contributed by atoms with van der Waals surface area (Å²) in [5.74, 6) is 0.0779. The third kappa shape index (κ3) is 3.14. The number of ether oxygens (including phenoxy) is 1. The Morgan fingerprint density at radius 1 is 1.29 bits per heavy atom. The number of imidazole rings is 1. The molecule has 2 aromatic heterocycles. The average molecular weight is 403 g/mol. The fraction of sp³-hybridized carbons (Fsp3) is 0.550. The molecule has 2 aliphatic heterocycles. The minimum absolute atomic E-state index is 0.0122. The first-order valence-electron chi connectivity index (χ1n) is 9.79. The predicted octanol–water partition coefficient (Wildman–Crippen LogP) is 2.20. The van der Waals surface area contributed by atoms with E-state index in [1.165, 1.54) is 4.88 Å². The molecule has 1 fully saturated rings. The van der Waals surface area contributed by atoms with Crippen molar-refractivity contribution in [1.29, 1.82) is 0 Å².